The van der Waals surface area contributed by atoms with Crippen molar-refractivity contribution in [3.8, 4) is 0 Å². The van der Waals surface area contributed by atoms with Gasteiger partial charge in [-0.25, -0.2) is 0 Å². The van der Waals surface area contributed by atoms with Crippen molar-refractivity contribution < 1.29 is 0 Å². The van der Waals surface area contributed by atoms with E-state index in [0.717, 1.165) is 5.70 Å². The predicted molar refractivity (Wildman–Crippen MR) is 41.7 cm³/mol. The third kappa shape index (κ3) is 2.64. The van der Waals surface area contributed by atoms with Crippen molar-refractivity contribution in [2.45, 2.75) is 0 Å². The number of rotatable bonds is 3. The Kier molecular flexibility index (Phi) is 4.36. The molecule has 0 bridgehead atoms. The molecular formula is C6H9NS. The Morgan fingerprint density at radius 1 is 1.75 bits per heavy atom. The van der Waals surface area contributed by atoms with Gasteiger partial charge in [-0.15, -0.1) is 0 Å². The van der Waals surface area contributed by atoms with Gasteiger partial charge < -0.3 is 0 Å². The second-order valence-corrected chi connectivity index (χ2v) is 1.53. The van der Waals surface area contributed by atoms with E-state index in [4.69, 9.17) is 0 Å². The minimum absolute atomic E-state index is 0.621. The zero-order chi connectivity index (χ0) is 6.41. The number of allylic oxidation sites excluding steroid dienone is 2. The summed E-state index contributed by atoms with van der Waals surface area (Å²) in [6, 6.07) is 0. The molecule has 0 fully saturated rings. The quantitative estimate of drug-likeness (QED) is 0.336. The molecule has 0 heterocycles. The van der Waals surface area contributed by atoms with Crippen molar-refractivity contribution in [2.75, 3.05) is 5.75 Å². The first-order valence-corrected chi connectivity index (χ1v) is 2.87. The van der Waals surface area contributed by atoms with Crippen molar-refractivity contribution in [3.05, 3.63) is 24.4 Å². The van der Waals surface area contributed by atoms with E-state index in [9.17, 15) is 0 Å². The van der Waals surface area contributed by atoms with Crippen LogP contribution in [0.1, 0.15) is 0 Å². The second kappa shape index (κ2) is 4.65. The molecule has 0 aromatic rings. The summed E-state index contributed by atoms with van der Waals surface area (Å²) in [6.07, 6.45) is 3.44. The van der Waals surface area contributed by atoms with Gasteiger partial charge >= 0.3 is 0 Å². The van der Waals surface area contributed by atoms with Crippen LogP contribution in [0.15, 0.2) is 29.4 Å². The molecule has 1 nitrogen and oxygen atoms in total. The maximum absolute atomic E-state index is 3.98. The molecule has 44 valence electrons. The van der Waals surface area contributed by atoms with Crippen molar-refractivity contribution in [2.24, 2.45) is 4.99 Å². The van der Waals surface area contributed by atoms with Gasteiger partial charge in [-0.05, 0) is 12.8 Å². The van der Waals surface area contributed by atoms with E-state index in [2.05, 4.69) is 30.9 Å². The highest BCUT2D eigenvalue weighted by Gasteiger charge is 1.81. The average molecular weight is 127 g/mol. The fourth-order valence-corrected chi connectivity index (χ4v) is 0.497. The standard InChI is InChI=1S/C6H9NS/c1-3-4-6(5-8)7-2/h3-4,8H,1-2,5H2/b6-4-. The van der Waals surface area contributed by atoms with Crippen molar-refractivity contribution in [1.29, 1.82) is 0 Å². The third-order valence-corrected chi connectivity index (χ3v) is 0.999. The lowest BCUT2D eigenvalue weighted by molar-refractivity contribution is 1.35. The largest absolute Gasteiger partial charge is 0.268 e. The predicted octanol–water partition coefficient (Wildman–Crippen LogP) is 1.69. The van der Waals surface area contributed by atoms with Gasteiger partial charge in [-0.1, -0.05) is 12.7 Å². The van der Waals surface area contributed by atoms with Crippen LogP contribution in [0, 0.1) is 0 Å². The lowest BCUT2D eigenvalue weighted by Crippen LogP contribution is -1.75. The first-order valence-electron chi connectivity index (χ1n) is 2.24. The van der Waals surface area contributed by atoms with E-state index >= 15 is 0 Å². The smallest absolute Gasteiger partial charge is 0.0492 e. The topological polar surface area (TPSA) is 12.4 Å². The van der Waals surface area contributed by atoms with Gasteiger partial charge in [0.05, 0.1) is 0 Å². The zero-order valence-electron chi connectivity index (χ0n) is 4.67. The first kappa shape index (κ1) is 7.50. The molecule has 0 spiro atoms. The fraction of sp³-hybridized carbons (Fsp3) is 0.167. The number of hydrogen-bond donors (Lipinski definition) is 1. The van der Waals surface area contributed by atoms with Crippen LogP contribution in [-0.4, -0.2) is 12.5 Å². The Balaban J connectivity index is 3.84. The van der Waals surface area contributed by atoms with Crippen LogP contribution in [0.2, 0.25) is 0 Å². The van der Waals surface area contributed by atoms with Crippen molar-refractivity contribution in [3.63, 3.8) is 0 Å². The SMILES string of the molecule is C=C/C=C(/CS)N=C. The molecule has 2 heteroatoms. The Morgan fingerprint density at radius 3 is 2.50 bits per heavy atom. The van der Waals surface area contributed by atoms with E-state index in [0.29, 0.717) is 5.75 Å². The minimum Gasteiger partial charge on any atom is -0.268 e. The van der Waals surface area contributed by atoms with Crippen LogP contribution < -0.4 is 0 Å². The Hall–Kier alpha value is -0.500. The monoisotopic (exact) mass is 127 g/mol. The lowest BCUT2D eigenvalue weighted by atomic mass is 10.4. The minimum atomic E-state index is 0.621. The molecule has 0 aromatic heterocycles. The van der Waals surface area contributed by atoms with E-state index < -0.39 is 0 Å². The maximum Gasteiger partial charge on any atom is 0.0492 e. The highest BCUT2D eigenvalue weighted by Crippen LogP contribution is 1.96. The molecule has 8 heavy (non-hydrogen) atoms. The van der Waals surface area contributed by atoms with Gasteiger partial charge in [0.2, 0.25) is 0 Å². The molecule has 0 radical (unpaired) electrons. The summed E-state index contributed by atoms with van der Waals surface area (Å²) in [5.41, 5.74) is 0.850. The molecule has 0 N–H and O–H groups in total. The fourth-order valence-electron chi connectivity index (χ4n) is 0.291. The van der Waals surface area contributed by atoms with E-state index in [1.165, 1.54) is 0 Å². The van der Waals surface area contributed by atoms with E-state index in [-0.39, 0.29) is 0 Å². The lowest BCUT2D eigenvalue weighted by Gasteiger charge is -1.88. The van der Waals surface area contributed by atoms with Crippen LogP contribution in [-0.2, 0) is 0 Å². The summed E-state index contributed by atoms with van der Waals surface area (Å²) in [5, 5.41) is 0. The normalized spacial score (nSPS) is 10.9. The Bertz CT molecular complexity index is 116. The van der Waals surface area contributed by atoms with Crippen LogP contribution in [0.25, 0.3) is 0 Å². The number of nitrogens with zero attached hydrogens (tertiary/aromatic N) is 1. The summed E-state index contributed by atoms with van der Waals surface area (Å²) in [4.78, 5) is 3.66. The van der Waals surface area contributed by atoms with Crippen molar-refractivity contribution >= 4 is 19.3 Å². The van der Waals surface area contributed by atoms with Gasteiger partial charge in [0.1, 0.15) is 0 Å². The summed E-state index contributed by atoms with van der Waals surface area (Å²) < 4.78 is 0. The third-order valence-electron chi connectivity index (χ3n) is 0.675. The second-order valence-electron chi connectivity index (χ2n) is 1.21. The molecule has 0 unspecified atom stereocenters. The summed E-state index contributed by atoms with van der Waals surface area (Å²) in [5.74, 6) is 0.621. The highest BCUT2D eigenvalue weighted by molar-refractivity contribution is 7.80. The molecule has 0 atom stereocenters. The maximum atomic E-state index is 3.98. The van der Waals surface area contributed by atoms with Crippen molar-refractivity contribution in [1.82, 2.24) is 0 Å². The van der Waals surface area contributed by atoms with Crippen LogP contribution >= 0.6 is 12.6 Å². The molecule has 0 aliphatic carbocycles. The summed E-state index contributed by atoms with van der Waals surface area (Å²) >= 11 is 3.98. The Morgan fingerprint density at radius 2 is 2.38 bits per heavy atom. The Labute approximate surface area is 55.2 Å². The summed E-state index contributed by atoms with van der Waals surface area (Å²) in [7, 11) is 0. The van der Waals surface area contributed by atoms with Crippen LogP contribution in [0.3, 0.4) is 0 Å². The first-order chi connectivity index (χ1) is 3.85. The van der Waals surface area contributed by atoms with Crippen LogP contribution in [0.5, 0.6) is 0 Å². The molecule has 0 aliphatic heterocycles. The number of aliphatic imine (C=N–C) groups is 1. The average Bonchev–Trinajstić information content (AvgIpc) is 1.83. The van der Waals surface area contributed by atoms with Gasteiger partial charge in [-0.2, -0.15) is 12.6 Å². The molecule has 0 aliphatic rings. The zero-order valence-corrected chi connectivity index (χ0v) is 5.56. The van der Waals surface area contributed by atoms with Crippen LogP contribution in [0.4, 0.5) is 0 Å². The molecule has 0 saturated heterocycles. The number of thiol groups is 1. The van der Waals surface area contributed by atoms with Gasteiger partial charge in [0.15, 0.2) is 0 Å². The van der Waals surface area contributed by atoms with Gasteiger partial charge in [-0.3, -0.25) is 4.99 Å². The highest BCUT2D eigenvalue weighted by atomic mass is 32.1. The number of hydrogen-bond acceptors (Lipinski definition) is 2. The molecule has 0 aromatic carbocycles. The van der Waals surface area contributed by atoms with E-state index in [1.54, 1.807) is 12.2 Å². The van der Waals surface area contributed by atoms with E-state index in [1.807, 2.05) is 0 Å². The molecule has 0 amide bonds. The van der Waals surface area contributed by atoms with Gasteiger partial charge in [0.25, 0.3) is 0 Å². The summed E-state index contributed by atoms with van der Waals surface area (Å²) in [6.45, 7) is 6.83. The van der Waals surface area contributed by atoms with Gasteiger partial charge in [0, 0.05) is 11.4 Å². The molecular weight excluding hydrogens is 118 g/mol. The molecule has 0 saturated carbocycles. The molecule has 0 rings (SSSR count).